The standard InChI is InChI=1S/C27H24N2O6/c1-32-20-13-11-19(12-14-20)22-15-21(18-7-3-2-4-8-18)28-29(22)26(30)17-34-27(31)25-16-33-23-9-5-6-10-24(23)35-25/h2-14,22,25H,15-17H2,1H3/t22-,25-/m1/s1. The first-order valence-corrected chi connectivity index (χ1v) is 11.3. The highest BCUT2D eigenvalue weighted by atomic mass is 16.6. The van der Waals surface area contributed by atoms with Crippen LogP contribution < -0.4 is 14.2 Å². The molecule has 0 fully saturated rings. The molecule has 0 spiro atoms. The van der Waals surface area contributed by atoms with Crippen molar-refractivity contribution in [2.24, 2.45) is 5.10 Å². The van der Waals surface area contributed by atoms with Crippen molar-refractivity contribution in [3.8, 4) is 17.2 Å². The molecule has 2 atom stereocenters. The van der Waals surface area contributed by atoms with Crippen LogP contribution in [0.2, 0.25) is 0 Å². The highest BCUT2D eigenvalue weighted by molar-refractivity contribution is 6.03. The van der Waals surface area contributed by atoms with E-state index in [0.717, 1.165) is 22.6 Å². The summed E-state index contributed by atoms with van der Waals surface area (Å²) in [5.74, 6) is 0.652. The molecule has 1 amide bonds. The fraction of sp³-hybridized carbons (Fsp3) is 0.222. The van der Waals surface area contributed by atoms with Gasteiger partial charge in [-0.25, -0.2) is 9.80 Å². The Morgan fingerprint density at radius 2 is 1.69 bits per heavy atom. The summed E-state index contributed by atoms with van der Waals surface area (Å²) in [4.78, 5) is 25.7. The molecular formula is C27H24N2O6. The molecule has 0 bridgehead atoms. The van der Waals surface area contributed by atoms with Gasteiger partial charge in [-0.15, -0.1) is 0 Å². The molecule has 0 radical (unpaired) electrons. The second-order valence-electron chi connectivity index (χ2n) is 8.12. The number of methoxy groups -OCH3 is 1. The first kappa shape index (κ1) is 22.5. The second kappa shape index (κ2) is 9.89. The molecule has 2 heterocycles. The molecule has 0 saturated heterocycles. The Labute approximate surface area is 202 Å². The summed E-state index contributed by atoms with van der Waals surface area (Å²) in [7, 11) is 1.60. The number of benzene rings is 3. The zero-order valence-corrected chi connectivity index (χ0v) is 19.1. The highest BCUT2D eigenvalue weighted by Crippen LogP contribution is 2.34. The molecule has 0 N–H and O–H groups in total. The van der Waals surface area contributed by atoms with Crippen molar-refractivity contribution in [1.82, 2.24) is 5.01 Å². The zero-order chi connectivity index (χ0) is 24.2. The molecule has 2 aliphatic heterocycles. The summed E-state index contributed by atoms with van der Waals surface area (Å²) in [6.07, 6.45) is -0.413. The second-order valence-corrected chi connectivity index (χ2v) is 8.12. The zero-order valence-electron chi connectivity index (χ0n) is 19.1. The summed E-state index contributed by atoms with van der Waals surface area (Å²) in [6.45, 7) is -0.447. The van der Waals surface area contributed by atoms with Crippen LogP contribution in [0.1, 0.15) is 23.6 Å². The van der Waals surface area contributed by atoms with Gasteiger partial charge in [0.15, 0.2) is 18.1 Å². The minimum absolute atomic E-state index is 0.0124. The van der Waals surface area contributed by atoms with Gasteiger partial charge in [-0.3, -0.25) is 4.79 Å². The number of carbonyl (C=O) groups is 2. The van der Waals surface area contributed by atoms with Crippen LogP contribution in [0.25, 0.3) is 0 Å². The average Bonchev–Trinajstić information content (AvgIpc) is 3.37. The summed E-state index contributed by atoms with van der Waals surface area (Å²) >= 11 is 0. The third-order valence-corrected chi connectivity index (χ3v) is 5.88. The van der Waals surface area contributed by atoms with E-state index in [1.807, 2.05) is 60.7 Å². The molecule has 0 unspecified atom stereocenters. The maximum atomic E-state index is 13.2. The lowest BCUT2D eigenvalue weighted by Crippen LogP contribution is -2.40. The summed E-state index contributed by atoms with van der Waals surface area (Å²) in [5, 5.41) is 5.99. The fourth-order valence-corrected chi connectivity index (χ4v) is 4.06. The van der Waals surface area contributed by atoms with Crippen molar-refractivity contribution in [2.75, 3.05) is 20.3 Å². The van der Waals surface area contributed by atoms with Crippen molar-refractivity contribution < 1.29 is 28.5 Å². The molecule has 0 aliphatic carbocycles. The minimum atomic E-state index is -0.947. The predicted molar refractivity (Wildman–Crippen MR) is 127 cm³/mol. The average molecular weight is 472 g/mol. The third kappa shape index (κ3) is 4.82. The van der Waals surface area contributed by atoms with Crippen LogP contribution in [0.5, 0.6) is 17.2 Å². The molecule has 3 aromatic carbocycles. The topological polar surface area (TPSA) is 86.7 Å². The van der Waals surface area contributed by atoms with E-state index in [1.165, 1.54) is 5.01 Å². The number of hydrazone groups is 1. The number of para-hydroxylation sites is 2. The quantitative estimate of drug-likeness (QED) is 0.508. The number of nitrogens with zero attached hydrogens (tertiary/aromatic N) is 2. The van der Waals surface area contributed by atoms with E-state index >= 15 is 0 Å². The van der Waals surface area contributed by atoms with Crippen molar-refractivity contribution in [1.29, 1.82) is 0 Å². The maximum Gasteiger partial charge on any atom is 0.351 e. The summed E-state index contributed by atoms with van der Waals surface area (Å²) in [5.41, 5.74) is 2.62. The van der Waals surface area contributed by atoms with Gasteiger partial charge in [-0.05, 0) is 35.4 Å². The van der Waals surface area contributed by atoms with Crippen LogP contribution in [-0.4, -0.2) is 49.0 Å². The van der Waals surface area contributed by atoms with Gasteiger partial charge in [0, 0.05) is 6.42 Å². The van der Waals surface area contributed by atoms with Crippen molar-refractivity contribution in [3.63, 3.8) is 0 Å². The number of amides is 1. The normalized spacial score (nSPS) is 18.5. The molecule has 3 aromatic rings. The van der Waals surface area contributed by atoms with Crippen molar-refractivity contribution >= 4 is 17.6 Å². The van der Waals surface area contributed by atoms with Gasteiger partial charge in [-0.1, -0.05) is 54.6 Å². The lowest BCUT2D eigenvalue weighted by Gasteiger charge is -2.25. The number of hydrogen-bond acceptors (Lipinski definition) is 7. The number of rotatable bonds is 6. The first-order valence-electron chi connectivity index (χ1n) is 11.3. The number of fused-ring (bicyclic) bond motifs is 1. The lowest BCUT2D eigenvalue weighted by molar-refractivity contribution is -0.160. The number of esters is 1. The van der Waals surface area contributed by atoms with Gasteiger partial charge < -0.3 is 18.9 Å². The summed E-state index contributed by atoms with van der Waals surface area (Å²) < 4.78 is 21.8. The van der Waals surface area contributed by atoms with Gasteiger partial charge in [0.05, 0.1) is 18.9 Å². The van der Waals surface area contributed by atoms with Gasteiger partial charge in [0.1, 0.15) is 12.4 Å². The smallest absolute Gasteiger partial charge is 0.351 e. The van der Waals surface area contributed by atoms with Crippen molar-refractivity contribution in [3.05, 3.63) is 90.0 Å². The van der Waals surface area contributed by atoms with Crippen LogP contribution in [0, 0.1) is 0 Å². The van der Waals surface area contributed by atoms with E-state index in [0.29, 0.717) is 17.9 Å². The van der Waals surface area contributed by atoms with E-state index in [9.17, 15) is 9.59 Å². The Balaban J connectivity index is 1.29. The maximum absolute atomic E-state index is 13.2. The number of carbonyl (C=O) groups excluding carboxylic acids is 2. The fourth-order valence-electron chi connectivity index (χ4n) is 4.06. The molecule has 5 rings (SSSR count). The Kier molecular flexibility index (Phi) is 6.34. The molecular weight excluding hydrogens is 448 g/mol. The van der Waals surface area contributed by atoms with Crippen LogP contribution >= 0.6 is 0 Å². The lowest BCUT2D eigenvalue weighted by atomic mass is 9.98. The first-order chi connectivity index (χ1) is 17.1. The largest absolute Gasteiger partial charge is 0.497 e. The van der Waals surface area contributed by atoms with E-state index in [1.54, 1.807) is 25.3 Å². The van der Waals surface area contributed by atoms with Gasteiger partial charge in [0.2, 0.25) is 6.10 Å². The van der Waals surface area contributed by atoms with Gasteiger partial charge >= 0.3 is 5.97 Å². The number of hydrogen-bond donors (Lipinski definition) is 0. The summed E-state index contributed by atoms with van der Waals surface area (Å²) in [6, 6.07) is 23.9. The van der Waals surface area contributed by atoms with Crippen LogP contribution in [0.15, 0.2) is 84.0 Å². The molecule has 35 heavy (non-hydrogen) atoms. The third-order valence-electron chi connectivity index (χ3n) is 5.88. The Morgan fingerprint density at radius 1 is 0.971 bits per heavy atom. The Hall–Kier alpha value is -4.33. The molecule has 2 aliphatic rings. The molecule has 0 saturated carbocycles. The van der Waals surface area contributed by atoms with E-state index < -0.39 is 24.6 Å². The number of ether oxygens (including phenoxy) is 4. The van der Waals surface area contributed by atoms with Crippen LogP contribution in [-0.2, 0) is 14.3 Å². The van der Waals surface area contributed by atoms with Crippen molar-refractivity contribution in [2.45, 2.75) is 18.6 Å². The molecule has 8 heteroatoms. The van der Waals surface area contributed by atoms with Gasteiger partial charge in [-0.2, -0.15) is 5.10 Å². The molecule has 0 aromatic heterocycles. The molecule has 178 valence electrons. The molecule has 8 nitrogen and oxygen atoms in total. The highest BCUT2D eigenvalue weighted by Gasteiger charge is 2.35. The van der Waals surface area contributed by atoms with Crippen LogP contribution in [0.4, 0.5) is 0 Å². The van der Waals surface area contributed by atoms with Crippen LogP contribution in [0.3, 0.4) is 0 Å². The Bertz CT molecular complexity index is 1240. The van der Waals surface area contributed by atoms with E-state index in [2.05, 4.69) is 5.10 Å². The predicted octanol–water partition coefficient (Wildman–Crippen LogP) is 3.76. The van der Waals surface area contributed by atoms with E-state index in [4.69, 9.17) is 18.9 Å². The minimum Gasteiger partial charge on any atom is -0.497 e. The SMILES string of the molecule is COc1ccc([C@H]2CC(c3ccccc3)=NN2C(=O)COC(=O)[C@H]2COc3ccccc3O2)cc1. The van der Waals surface area contributed by atoms with E-state index in [-0.39, 0.29) is 12.6 Å². The van der Waals surface area contributed by atoms with Gasteiger partial charge in [0.25, 0.3) is 5.91 Å². The Morgan fingerprint density at radius 3 is 2.43 bits per heavy atom. The monoisotopic (exact) mass is 472 g/mol.